The highest BCUT2D eigenvalue weighted by Crippen LogP contribution is 2.24. The van der Waals surface area contributed by atoms with Crippen LogP contribution in [-0.4, -0.2) is 40.0 Å². The Labute approximate surface area is 137 Å². The van der Waals surface area contributed by atoms with E-state index in [1.165, 1.54) is 6.26 Å². The fourth-order valence-corrected chi connectivity index (χ4v) is 2.80. The lowest BCUT2D eigenvalue weighted by atomic mass is 10.1. The number of hydrogen-bond donors (Lipinski definition) is 1. The first-order valence-electron chi connectivity index (χ1n) is 6.40. The van der Waals surface area contributed by atoms with Gasteiger partial charge in [0.05, 0.1) is 5.56 Å². The first kappa shape index (κ1) is 16.1. The predicted molar refractivity (Wildman–Crippen MR) is 83.5 cm³/mol. The van der Waals surface area contributed by atoms with Crippen LogP contribution >= 0.6 is 28.3 Å². The van der Waals surface area contributed by atoms with Crippen molar-refractivity contribution in [2.24, 2.45) is 7.05 Å². The van der Waals surface area contributed by atoms with E-state index in [0.29, 0.717) is 23.3 Å². The van der Waals surface area contributed by atoms with Crippen LogP contribution in [0.5, 0.6) is 0 Å². The van der Waals surface area contributed by atoms with Crippen molar-refractivity contribution in [1.29, 1.82) is 0 Å². The number of rotatable bonds is 2. The van der Waals surface area contributed by atoms with Gasteiger partial charge in [0, 0.05) is 45.1 Å². The summed E-state index contributed by atoms with van der Waals surface area (Å²) in [6, 6.07) is 1.63. The Kier molecular flexibility index (Phi) is 5.08. The number of carbonyl (C=O) groups is 1. The molecule has 1 saturated heterocycles. The van der Waals surface area contributed by atoms with E-state index in [1.54, 1.807) is 12.3 Å². The maximum Gasteiger partial charge on any atom is 0.257 e. The number of nitrogens with one attached hydrogen (secondary N) is 1. The van der Waals surface area contributed by atoms with Crippen molar-refractivity contribution >= 4 is 34.2 Å². The third kappa shape index (κ3) is 3.14. The summed E-state index contributed by atoms with van der Waals surface area (Å²) < 4.78 is 7.67. The van der Waals surface area contributed by atoms with Gasteiger partial charge in [0.1, 0.15) is 18.1 Å². The second kappa shape index (κ2) is 6.64. The van der Waals surface area contributed by atoms with Gasteiger partial charge in [0.15, 0.2) is 4.67 Å². The standard InChI is InChI=1S/C13H15BrN4O2.ClH/c1-17-4-3-16-12(17)10-7-15-2-5-18(10)13(19)9-6-11(14)20-8-9;/h3-4,6,8,10,15H,2,5,7H2,1H3;1H. The van der Waals surface area contributed by atoms with Gasteiger partial charge in [0.25, 0.3) is 5.91 Å². The summed E-state index contributed by atoms with van der Waals surface area (Å²) >= 11 is 3.22. The lowest BCUT2D eigenvalue weighted by Crippen LogP contribution is -2.49. The smallest absolute Gasteiger partial charge is 0.257 e. The number of aryl methyl sites for hydroxylation is 1. The largest absolute Gasteiger partial charge is 0.457 e. The molecule has 3 rings (SSSR count). The zero-order valence-corrected chi connectivity index (χ0v) is 13.9. The number of carbonyl (C=O) groups excluding carboxylic acids is 1. The Bertz CT molecular complexity index is 627. The Morgan fingerprint density at radius 3 is 3.00 bits per heavy atom. The molecule has 0 aromatic carbocycles. The molecule has 2 aromatic heterocycles. The van der Waals surface area contributed by atoms with Crippen molar-refractivity contribution < 1.29 is 9.21 Å². The third-order valence-electron chi connectivity index (χ3n) is 3.48. The molecule has 0 aliphatic carbocycles. The second-order valence-corrected chi connectivity index (χ2v) is 5.54. The average Bonchev–Trinajstić information content (AvgIpc) is 3.07. The SMILES string of the molecule is Cl.Cn1ccnc1C1CNCCN1C(=O)c1coc(Br)c1. The Hall–Kier alpha value is -1.31. The van der Waals surface area contributed by atoms with Gasteiger partial charge in [-0.1, -0.05) is 0 Å². The maximum atomic E-state index is 12.6. The van der Waals surface area contributed by atoms with E-state index in [2.05, 4.69) is 26.2 Å². The van der Waals surface area contributed by atoms with Gasteiger partial charge in [-0.05, 0) is 15.9 Å². The molecule has 1 unspecified atom stereocenters. The van der Waals surface area contributed by atoms with Crippen molar-refractivity contribution in [2.75, 3.05) is 19.6 Å². The zero-order chi connectivity index (χ0) is 14.1. The highest BCUT2D eigenvalue weighted by molar-refractivity contribution is 9.10. The number of nitrogens with zero attached hydrogens (tertiary/aromatic N) is 3. The topological polar surface area (TPSA) is 63.3 Å². The number of furan rings is 1. The van der Waals surface area contributed by atoms with Crippen LogP contribution in [0.4, 0.5) is 0 Å². The van der Waals surface area contributed by atoms with Crippen LogP contribution in [-0.2, 0) is 7.05 Å². The lowest BCUT2D eigenvalue weighted by molar-refractivity contribution is 0.0620. The Morgan fingerprint density at radius 2 is 2.38 bits per heavy atom. The van der Waals surface area contributed by atoms with Crippen LogP contribution in [0.1, 0.15) is 22.2 Å². The monoisotopic (exact) mass is 374 g/mol. The van der Waals surface area contributed by atoms with Crippen molar-refractivity contribution in [3.63, 3.8) is 0 Å². The first-order valence-corrected chi connectivity index (χ1v) is 7.19. The zero-order valence-electron chi connectivity index (χ0n) is 11.5. The fraction of sp³-hybridized carbons (Fsp3) is 0.385. The highest BCUT2D eigenvalue weighted by atomic mass is 79.9. The van der Waals surface area contributed by atoms with Crippen LogP contribution in [0.2, 0.25) is 0 Å². The first-order chi connectivity index (χ1) is 9.66. The molecule has 0 saturated carbocycles. The lowest BCUT2D eigenvalue weighted by Gasteiger charge is -2.35. The molecule has 1 fully saturated rings. The minimum Gasteiger partial charge on any atom is -0.457 e. The number of piperazine rings is 1. The molecule has 6 nitrogen and oxygen atoms in total. The molecular formula is C13H16BrClN4O2. The normalized spacial score (nSPS) is 18.4. The highest BCUT2D eigenvalue weighted by Gasteiger charge is 2.31. The summed E-state index contributed by atoms with van der Waals surface area (Å²) in [5, 5.41) is 3.31. The molecule has 21 heavy (non-hydrogen) atoms. The van der Waals surface area contributed by atoms with Crippen molar-refractivity contribution in [1.82, 2.24) is 19.8 Å². The third-order valence-corrected chi connectivity index (χ3v) is 3.89. The molecule has 1 N–H and O–H groups in total. The summed E-state index contributed by atoms with van der Waals surface area (Å²) in [5.41, 5.74) is 0.554. The molecule has 0 bridgehead atoms. The molecule has 1 atom stereocenters. The van der Waals surface area contributed by atoms with Gasteiger partial charge in [-0.2, -0.15) is 0 Å². The Balaban J connectivity index is 0.00000161. The van der Waals surface area contributed by atoms with Crippen LogP contribution < -0.4 is 5.32 Å². The van der Waals surface area contributed by atoms with Crippen molar-refractivity contribution in [3.05, 3.63) is 40.8 Å². The van der Waals surface area contributed by atoms with Gasteiger partial charge in [0.2, 0.25) is 0 Å². The summed E-state index contributed by atoms with van der Waals surface area (Å²) in [7, 11) is 1.94. The molecule has 114 valence electrons. The van der Waals surface area contributed by atoms with E-state index in [1.807, 2.05) is 22.7 Å². The van der Waals surface area contributed by atoms with E-state index in [9.17, 15) is 4.79 Å². The molecule has 1 amide bonds. The summed E-state index contributed by atoms with van der Waals surface area (Å²) in [4.78, 5) is 18.8. The van der Waals surface area contributed by atoms with E-state index in [4.69, 9.17) is 4.42 Å². The number of aromatic nitrogens is 2. The van der Waals surface area contributed by atoms with Gasteiger partial charge in [-0.3, -0.25) is 4.79 Å². The second-order valence-electron chi connectivity index (χ2n) is 4.75. The minimum atomic E-state index is -0.0649. The molecule has 1 aliphatic rings. The quantitative estimate of drug-likeness (QED) is 0.872. The average molecular weight is 376 g/mol. The van der Waals surface area contributed by atoms with E-state index in [0.717, 1.165) is 12.4 Å². The molecule has 3 heterocycles. The van der Waals surface area contributed by atoms with Gasteiger partial charge < -0.3 is 19.2 Å². The van der Waals surface area contributed by atoms with E-state index < -0.39 is 0 Å². The van der Waals surface area contributed by atoms with Crippen LogP contribution in [0.3, 0.4) is 0 Å². The number of halogens is 2. The van der Waals surface area contributed by atoms with Gasteiger partial charge in [-0.25, -0.2) is 4.98 Å². The number of hydrogen-bond acceptors (Lipinski definition) is 4. The number of amides is 1. The number of imidazole rings is 1. The van der Waals surface area contributed by atoms with E-state index in [-0.39, 0.29) is 24.4 Å². The molecule has 0 spiro atoms. The van der Waals surface area contributed by atoms with Crippen molar-refractivity contribution in [2.45, 2.75) is 6.04 Å². The van der Waals surface area contributed by atoms with Gasteiger partial charge >= 0.3 is 0 Å². The molecular weight excluding hydrogens is 360 g/mol. The summed E-state index contributed by atoms with van der Waals surface area (Å²) in [6.45, 7) is 2.14. The maximum absolute atomic E-state index is 12.6. The predicted octanol–water partition coefficient (Wildman–Crippen LogP) is 1.98. The Morgan fingerprint density at radius 1 is 1.57 bits per heavy atom. The van der Waals surface area contributed by atoms with Crippen molar-refractivity contribution in [3.8, 4) is 0 Å². The summed E-state index contributed by atoms with van der Waals surface area (Å²) in [5.74, 6) is 0.849. The fourth-order valence-electron chi connectivity index (χ4n) is 2.46. The summed E-state index contributed by atoms with van der Waals surface area (Å²) in [6.07, 6.45) is 5.12. The molecule has 2 aromatic rings. The van der Waals surface area contributed by atoms with Gasteiger partial charge in [-0.15, -0.1) is 12.4 Å². The van der Waals surface area contributed by atoms with Crippen LogP contribution in [0, 0.1) is 0 Å². The molecule has 0 radical (unpaired) electrons. The van der Waals surface area contributed by atoms with Crippen LogP contribution in [0.25, 0.3) is 0 Å². The molecule has 1 aliphatic heterocycles. The van der Waals surface area contributed by atoms with Crippen LogP contribution in [0.15, 0.2) is 33.8 Å². The minimum absolute atomic E-state index is 0. The molecule has 8 heteroatoms. The van der Waals surface area contributed by atoms with E-state index >= 15 is 0 Å².